The van der Waals surface area contributed by atoms with Crippen LogP contribution in [0.15, 0.2) is 29.6 Å². The lowest BCUT2D eigenvalue weighted by Gasteiger charge is -2.28. The summed E-state index contributed by atoms with van der Waals surface area (Å²) in [7, 11) is 0. The minimum absolute atomic E-state index is 1.10. The maximum atomic E-state index is 4.53. The van der Waals surface area contributed by atoms with Crippen LogP contribution >= 0.6 is 11.3 Å². The zero-order valence-electron chi connectivity index (χ0n) is 10.7. The lowest BCUT2D eigenvalue weighted by Crippen LogP contribution is -2.29. The molecule has 18 heavy (non-hydrogen) atoms. The second kappa shape index (κ2) is 5.11. The third-order valence-corrected chi connectivity index (χ3v) is 4.28. The van der Waals surface area contributed by atoms with Crippen molar-refractivity contribution in [2.24, 2.45) is 0 Å². The molecule has 1 fully saturated rings. The molecule has 3 heteroatoms. The standard InChI is InChI=1S/C15H18N2S/c1-12-16-15(11-18-12)13-5-7-14(8-6-13)17-9-3-2-4-10-17/h5-8,11H,2-4,9-10H2,1H3. The molecule has 0 atom stereocenters. The highest BCUT2D eigenvalue weighted by atomic mass is 32.1. The molecule has 0 amide bonds. The Kier molecular flexibility index (Phi) is 3.33. The van der Waals surface area contributed by atoms with Crippen LogP contribution in [0.25, 0.3) is 11.3 Å². The third-order valence-electron chi connectivity index (χ3n) is 3.50. The smallest absolute Gasteiger partial charge is 0.0901 e. The van der Waals surface area contributed by atoms with Crippen molar-refractivity contribution in [2.75, 3.05) is 18.0 Å². The van der Waals surface area contributed by atoms with Crippen LogP contribution in [-0.4, -0.2) is 18.1 Å². The van der Waals surface area contributed by atoms with Gasteiger partial charge in [-0.05, 0) is 38.3 Å². The summed E-state index contributed by atoms with van der Waals surface area (Å²) in [5.41, 5.74) is 3.67. The molecule has 0 saturated carbocycles. The fraction of sp³-hybridized carbons (Fsp3) is 0.400. The Labute approximate surface area is 112 Å². The number of rotatable bonds is 2. The molecule has 0 unspecified atom stereocenters. The van der Waals surface area contributed by atoms with Gasteiger partial charge in [-0.15, -0.1) is 11.3 Å². The van der Waals surface area contributed by atoms with Gasteiger partial charge in [0.25, 0.3) is 0 Å². The number of nitrogens with zero attached hydrogens (tertiary/aromatic N) is 2. The fourth-order valence-corrected chi connectivity index (χ4v) is 3.11. The first-order valence-corrected chi connectivity index (χ1v) is 7.48. The molecule has 1 aromatic heterocycles. The van der Waals surface area contributed by atoms with E-state index < -0.39 is 0 Å². The van der Waals surface area contributed by atoms with Crippen molar-refractivity contribution in [2.45, 2.75) is 26.2 Å². The lowest BCUT2D eigenvalue weighted by molar-refractivity contribution is 0.578. The average molecular weight is 258 g/mol. The fourth-order valence-electron chi connectivity index (χ4n) is 2.49. The normalized spacial score (nSPS) is 15.9. The van der Waals surface area contributed by atoms with Gasteiger partial charge in [-0.1, -0.05) is 12.1 Å². The van der Waals surface area contributed by atoms with E-state index in [-0.39, 0.29) is 0 Å². The van der Waals surface area contributed by atoms with E-state index in [0.29, 0.717) is 0 Å². The SMILES string of the molecule is Cc1nc(-c2ccc(N3CCCCC3)cc2)cs1. The van der Waals surface area contributed by atoms with Crippen LogP contribution in [0.4, 0.5) is 5.69 Å². The second-order valence-corrected chi connectivity index (χ2v) is 5.91. The van der Waals surface area contributed by atoms with E-state index >= 15 is 0 Å². The van der Waals surface area contributed by atoms with E-state index in [1.165, 1.54) is 43.6 Å². The van der Waals surface area contributed by atoms with Gasteiger partial charge >= 0.3 is 0 Å². The van der Waals surface area contributed by atoms with Crippen LogP contribution in [-0.2, 0) is 0 Å². The van der Waals surface area contributed by atoms with Crippen molar-refractivity contribution >= 4 is 17.0 Å². The summed E-state index contributed by atoms with van der Waals surface area (Å²) >= 11 is 1.71. The molecular weight excluding hydrogens is 240 g/mol. The van der Waals surface area contributed by atoms with Crippen molar-refractivity contribution in [1.29, 1.82) is 0 Å². The van der Waals surface area contributed by atoms with Crippen molar-refractivity contribution in [1.82, 2.24) is 4.98 Å². The Morgan fingerprint density at radius 1 is 1.06 bits per heavy atom. The molecular formula is C15H18N2S. The van der Waals surface area contributed by atoms with Gasteiger partial charge in [-0.2, -0.15) is 0 Å². The highest BCUT2D eigenvalue weighted by Crippen LogP contribution is 2.25. The monoisotopic (exact) mass is 258 g/mol. The molecule has 0 aliphatic carbocycles. The summed E-state index contributed by atoms with van der Waals surface area (Å²) in [6, 6.07) is 8.85. The second-order valence-electron chi connectivity index (χ2n) is 4.85. The summed E-state index contributed by atoms with van der Waals surface area (Å²) in [5, 5.41) is 3.26. The molecule has 2 heterocycles. The number of hydrogen-bond acceptors (Lipinski definition) is 3. The third kappa shape index (κ3) is 2.41. The van der Waals surface area contributed by atoms with Crippen molar-refractivity contribution in [3.05, 3.63) is 34.7 Å². The molecule has 2 aromatic rings. The highest BCUT2D eigenvalue weighted by molar-refractivity contribution is 7.09. The molecule has 3 rings (SSSR count). The van der Waals surface area contributed by atoms with Gasteiger partial charge in [0.05, 0.1) is 10.7 Å². The number of thiazole rings is 1. The zero-order valence-corrected chi connectivity index (χ0v) is 11.5. The quantitative estimate of drug-likeness (QED) is 0.806. The largest absolute Gasteiger partial charge is 0.372 e. The number of benzene rings is 1. The zero-order chi connectivity index (χ0) is 12.4. The van der Waals surface area contributed by atoms with Gasteiger partial charge < -0.3 is 4.90 Å². The Bertz CT molecular complexity index is 510. The van der Waals surface area contributed by atoms with Crippen molar-refractivity contribution in [3.8, 4) is 11.3 Å². The maximum Gasteiger partial charge on any atom is 0.0901 e. The van der Waals surface area contributed by atoms with Gasteiger partial charge in [0.2, 0.25) is 0 Å². The van der Waals surface area contributed by atoms with Crippen LogP contribution in [0, 0.1) is 6.92 Å². The number of aromatic nitrogens is 1. The minimum atomic E-state index is 1.10. The van der Waals surface area contributed by atoms with E-state index in [9.17, 15) is 0 Å². The van der Waals surface area contributed by atoms with E-state index in [1.807, 2.05) is 0 Å². The van der Waals surface area contributed by atoms with Gasteiger partial charge in [0.15, 0.2) is 0 Å². The number of hydrogen-bond donors (Lipinski definition) is 0. The van der Waals surface area contributed by atoms with E-state index in [1.54, 1.807) is 11.3 Å². The molecule has 0 radical (unpaired) electrons. The first kappa shape index (κ1) is 11.7. The molecule has 2 nitrogen and oxygen atoms in total. The van der Waals surface area contributed by atoms with Crippen LogP contribution < -0.4 is 4.90 Å². The van der Waals surface area contributed by atoms with Crippen LogP contribution in [0.5, 0.6) is 0 Å². The molecule has 0 N–H and O–H groups in total. The van der Waals surface area contributed by atoms with Crippen LogP contribution in [0.2, 0.25) is 0 Å². The summed E-state index contributed by atoms with van der Waals surface area (Å²) in [6.45, 7) is 4.46. The van der Waals surface area contributed by atoms with Crippen LogP contribution in [0.1, 0.15) is 24.3 Å². The molecule has 0 spiro atoms. The Hall–Kier alpha value is -1.35. The molecule has 1 aromatic carbocycles. The molecule has 1 aliphatic heterocycles. The van der Waals surface area contributed by atoms with Gasteiger partial charge in [-0.3, -0.25) is 0 Å². The maximum absolute atomic E-state index is 4.53. The Morgan fingerprint density at radius 3 is 2.39 bits per heavy atom. The molecule has 0 bridgehead atoms. The first-order valence-electron chi connectivity index (χ1n) is 6.60. The molecule has 1 aliphatic rings. The summed E-state index contributed by atoms with van der Waals surface area (Å²) < 4.78 is 0. The minimum Gasteiger partial charge on any atom is -0.372 e. The Morgan fingerprint density at radius 2 is 1.78 bits per heavy atom. The predicted octanol–water partition coefficient (Wildman–Crippen LogP) is 4.11. The predicted molar refractivity (Wildman–Crippen MR) is 78.4 cm³/mol. The van der Waals surface area contributed by atoms with E-state index in [0.717, 1.165) is 10.7 Å². The van der Waals surface area contributed by atoms with E-state index in [4.69, 9.17) is 0 Å². The van der Waals surface area contributed by atoms with Crippen molar-refractivity contribution in [3.63, 3.8) is 0 Å². The number of aryl methyl sites for hydroxylation is 1. The van der Waals surface area contributed by atoms with Gasteiger partial charge in [-0.25, -0.2) is 4.98 Å². The molecule has 94 valence electrons. The van der Waals surface area contributed by atoms with Crippen molar-refractivity contribution < 1.29 is 0 Å². The van der Waals surface area contributed by atoms with Gasteiger partial charge in [0.1, 0.15) is 0 Å². The topological polar surface area (TPSA) is 16.1 Å². The summed E-state index contributed by atoms with van der Waals surface area (Å²) in [5.74, 6) is 0. The summed E-state index contributed by atoms with van der Waals surface area (Å²) in [6.07, 6.45) is 4.03. The molecule has 1 saturated heterocycles. The number of anilines is 1. The highest BCUT2D eigenvalue weighted by Gasteiger charge is 2.11. The Balaban J connectivity index is 1.80. The average Bonchev–Trinajstić information content (AvgIpc) is 2.87. The first-order chi connectivity index (χ1) is 8.83. The van der Waals surface area contributed by atoms with Crippen LogP contribution in [0.3, 0.4) is 0 Å². The number of piperidine rings is 1. The lowest BCUT2D eigenvalue weighted by atomic mass is 10.1. The summed E-state index contributed by atoms with van der Waals surface area (Å²) in [4.78, 5) is 7.01. The van der Waals surface area contributed by atoms with Gasteiger partial charge in [0, 0.05) is 29.7 Å². The van der Waals surface area contributed by atoms with E-state index in [2.05, 4.69) is 46.5 Å².